The van der Waals surface area contributed by atoms with E-state index in [4.69, 9.17) is 0 Å². The van der Waals surface area contributed by atoms with Crippen LogP contribution in [0.2, 0.25) is 0 Å². The minimum atomic E-state index is -0.380. The van der Waals surface area contributed by atoms with E-state index in [0.717, 1.165) is 22.2 Å². The largest absolute Gasteiger partial charge is 0.349 e. The standard InChI is InChI=1S/C24H17FN8/c1-15-20-12-16(3-7-21(20)33-32-15)2-5-18-8-10-26-23(30-18)22-9-11-27-24(31-22)29-14-19-6-4-17(25)13-28-19/h3-4,6-13H,14H2,1H3,(H,32,33)(H,27,29,31). The van der Waals surface area contributed by atoms with Gasteiger partial charge in [0.05, 0.1) is 29.6 Å². The summed E-state index contributed by atoms with van der Waals surface area (Å²) in [6.45, 7) is 2.31. The molecule has 9 heteroatoms. The lowest BCUT2D eigenvalue weighted by atomic mass is 10.1. The first-order valence-corrected chi connectivity index (χ1v) is 10.1. The van der Waals surface area contributed by atoms with Gasteiger partial charge in [-0.2, -0.15) is 5.10 Å². The molecule has 0 unspecified atom stereocenters. The van der Waals surface area contributed by atoms with Gasteiger partial charge in [-0.25, -0.2) is 24.3 Å². The average molecular weight is 436 g/mol. The highest BCUT2D eigenvalue weighted by molar-refractivity contribution is 5.82. The second-order valence-electron chi connectivity index (χ2n) is 7.17. The van der Waals surface area contributed by atoms with Crippen molar-refractivity contribution in [2.45, 2.75) is 13.5 Å². The Labute approximate surface area is 188 Å². The van der Waals surface area contributed by atoms with E-state index >= 15 is 0 Å². The number of nitrogens with one attached hydrogen (secondary N) is 2. The molecule has 0 aliphatic carbocycles. The molecule has 5 rings (SSSR count). The van der Waals surface area contributed by atoms with Crippen molar-refractivity contribution in [3.05, 3.63) is 89.5 Å². The summed E-state index contributed by atoms with van der Waals surface area (Å²) in [6, 6.07) is 12.3. The number of hydrogen-bond acceptors (Lipinski definition) is 7. The molecule has 0 bridgehead atoms. The third-order valence-electron chi connectivity index (χ3n) is 4.84. The Bertz CT molecular complexity index is 1500. The number of hydrogen-bond donors (Lipinski definition) is 2. The first-order chi connectivity index (χ1) is 16.1. The molecule has 0 spiro atoms. The Kier molecular flexibility index (Phi) is 5.39. The molecule has 2 N–H and O–H groups in total. The van der Waals surface area contributed by atoms with Gasteiger partial charge in [0.1, 0.15) is 17.2 Å². The van der Waals surface area contributed by atoms with Gasteiger partial charge < -0.3 is 5.32 Å². The maximum Gasteiger partial charge on any atom is 0.223 e. The number of nitrogens with zero attached hydrogens (tertiary/aromatic N) is 6. The van der Waals surface area contributed by atoms with E-state index in [-0.39, 0.29) is 5.82 Å². The molecule has 0 atom stereocenters. The molecule has 4 aromatic heterocycles. The molecule has 8 nitrogen and oxygen atoms in total. The molecular formula is C24H17FN8. The zero-order valence-corrected chi connectivity index (χ0v) is 17.5. The van der Waals surface area contributed by atoms with Crippen LogP contribution in [0.4, 0.5) is 10.3 Å². The van der Waals surface area contributed by atoms with Crippen molar-refractivity contribution in [2.24, 2.45) is 0 Å². The number of halogens is 1. The quantitative estimate of drug-likeness (QED) is 0.414. The fraction of sp³-hybridized carbons (Fsp3) is 0.0833. The maximum atomic E-state index is 13.0. The fourth-order valence-electron chi connectivity index (χ4n) is 3.16. The number of aryl methyl sites for hydroxylation is 1. The van der Waals surface area contributed by atoms with E-state index < -0.39 is 0 Å². The summed E-state index contributed by atoms with van der Waals surface area (Å²) in [6.07, 6.45) is 4.43. The monoisotopic (exact) mass is 436 g/mol. The molecule has 5 aromatic rings. The van der Waals surface area contributed by atoms with E-state index in [1.807, 2.05) is 25.1 Å². The first-order valence-electron chi connectivity index (χ1n) is 10.1. The summed E-state index contributed by atoms with van der Waals surface area (Å²) in [5.74, 6) is 6.67. The molecule has 0 fully saturated rings. The van der Waals surface area contributed by atoms with Crippen LogP contribution in [0.15, 0.2) is 61.1 Å². The molecule has 0 aliphatic rings. The van der Waals surface area contributed by atoms with E-state index in [9.17, 15) is 4.39 Å². The van der Waals surface area contributed by atoms with Crippen molar-refractivity contribution in [1.29, 1.82) is 0 Å². The Morgan fingerprint density at radius 3 is 2.76 bits per heavy atom. The van der Waals surface area contributed by atoms with Crippen LogP contribution in [-0.2, 0) is 6.54 Å². The van der Waals surface area contributed by atoms with E-state index in [1.165, 1.54) is 12.3 Å². The van der Waals surface area contributed by atoms with Crippen LogP contribution < -0.4 is 5.32 Å². The lowest BCUT2D eigenvalue weighted by Crippen LogP contribution is -2.06. The number of benzene rings is 1. The predicted molar refractivity (Wildman–Crippen MR) is 121 cm³/mol. The van der Waals surface area contributed by atoms with Crippen LogP contribution >= 0.6 is 0 Å². The Morgan fingerprint density at radius 2 is 1.88 bits per heavy atom. The van der Waals surface area contributed by atoms with Crippen molar-refractivity contribution >= 4 is 16.9 Å². The average Bonchev–Trinajstić information content (AvgIpc) is 3.23. The van der Waals surface area contributed by atoms with Crippen LogP contribution in [0.3, 0.4) is 0 Å². The molecule has 160 valence electrons. The molecule has 0 radical (unpaired) electrons. The number of rotatable bonds is 4. The lowest BCUT2D eigenvalue weighted by Gasteiger charge is -2.06. The highest BCUT2D eigenvalue weighted by atomic mass is 19.1. The van der Waals surface area contributed by atoms with Crippen molar-refractivity contribution < 1.29 is 4.39 Å². The van der Waals surface area contributed by atoms with Crippen molar-refractivity contribution in [2.75, 3.05) is 5.32 Å². The molecule has 33 heavy (non-hydrogen) atoms. The zero-order chi connectivity index (χ0) is 22.6. The lowest BCUT2D eigenvalue weighted by molar-refractivity contribution is 0.619. The van der Waals surface area contributed by atoms with Gasteiger partial charge in [-0.05, 0) is 55.3 Å². The molecule has 1 aromatic carbocycles. The molecule has 4 heterocycles. The van der Waals surface area contributed by atoms with Crippen LogP contribution in [0.25, 0.3) is 22.4 Å². The van der Waals surface area contributed by atoms with E-state index in [2.05, 4.69) is 52.3 Å². The number of anilines is 1. The van der Waals surface area contributed by atoms with Gasteiger partial charge in [-0.1, -0.05) is 5.92 Å². The van der Waals surface area contributed by atoms with Gasteiger partial charge in [-0.15, -0.1) is 0 Å². The number of H-pyrrole nitrogens is 1. The second-order valence-corrected chi connectivity index (χ2v) is 7.17. The van der Waals surface area contributed by atoms with Crippen molar-refractivity contribution in [3.8, 4) is 23.4 Å². The van der Waals surface area contributed by atoms with Crippen molar-refractivity contribution in [1.82, 2.24) is 35.1 Å². The smallest absolute Gasteiger partial charge is 0.223 e. The van der Waals surface area contributed by atoms with Gasteiger partial charge in [0.15, 0.2) is 5.82 Å². The number of fused-ring (bicyclic) bond motifs is 1. The topological polar surface area (TPSA) is 105 Å². The van der Waals surface area contributed by atoms with Gasteiger partial charge in [0, 0.05) is 23.3 Å². The molecule has 0 saturated carbocycles. The van der Waals surface area contributed by atoms with Gasteiger partial charge in [0.25, 0.3) is 0 Å². The summed E-state index contributed by atoms with van der Waals surface area (Å²) < 4.78 is 13.0. The predicted octanol–water partition coefficient (Wildman–Crippen LogP) is 3.66. The van der Waals surface area contributed by atoms with E-state index in [1.54, 1.807) is 30.6 Å². The first kappa shape index (κ1) is 20.2. The fourth-order valence-corrected chi connectivity index (χ4v) is 3.16. The number of pyridine rings is 1. The summed E-state index contributed by atoms with van der Waals surface area (Å²) in [4.78, 5) is 21.5. The summed E-state index contributed by atoms with van der Waals surface area (Å²) in [5.41, 5.74) is 4.58. The van der Waals surface area contributed by atoms with Crippen LogP contribution in [0, 0.1) is 24.6 Å². The van der Waals surface area contributed by atoms with Crippen LogP contribution in [0.5, 0.6) is 0 Å². The van der Waals surface area contributed by atoms with Crippen LogP contribution in [-0.4, -0.2) is 35.1 Å². The third-order valence-corrected chi connectivity index (χ3v) is 4.84. The number of aromatic amines is 1. The molecule has 0 amide bonds. The van der Waals surface area contributed by atoms with Crippen LogP contribution in [0.1, 0.15) is 22.6 Å². The minimum Gasteiger partial charge on any atom is -0.349 e. The highest BCUT2D eigenvalue weighted by Gasteiger charge is 2.07. The Balaban J connectivity index is 1.34. The Morgan fingerprint density at radius 1 is 0.970 bits per heavy atom. The minimum absolute atomic E-state index is 0.358. The maximum absolute atomic E-state index is 13.0. The summed E-state index contributed by atoms with van der Waals surface area (Å²) in [7, 11) is 0. The normalized spacial score (nSPS) is 10.6. The van der Waals surface area contributed by atoms with E-state index in [0.29, 0.717) is 35.4 Å². The SMILES string of the molecule is Cc1n[nH]c2ccc(C#Cc3ccnc(-c4ccnc(NCc5ccc(F)cn5)n4)n3)cc12. The molecule has 0 aliphatic heterocycles. The van der Waals surface area contributed by atoms with Gasteiger partial charge in [0.2, 0.25) is 5.95 Å². The summed E-state index contributed by atoms with van der Waals surface area (Å²) in [5, 5.41) is 11.3. The van der Waals surface area contributed by atoms with Crippen molar-refractivity contribution in [3.63, 3.8) is 0 Å². The highest BCUT2D eigenvalue weighted by Crippen LogP contribution is 2.17. The zero-order valence-electron chi connectivity index (χ0n) is 17.5. The van der Waals surface area contributed by atoms with Gasteiger partial charge in [-0.3, -0.25) is 10.1 Å². The molecular weight excluding hydrogens is 419 g/mol. The number of aromatic nitrogens is 7. The van der Waals surface area contributed by atoms with Gasteiger partial charge >= 0.3 is 0 Å². The molecule has 0 saturated heterocycles. The third kappa shape index (κ3) is 4.65. The Hall–Kier alpha value is -4.71. The summed E-state index contributed by atoms with van der Waals surface area (Å²) >= 11 is 0. The second kappa shape index (κ2) is 8.80.